The Kier molecular flexibility index (Phi) is 9.23. The van der Waals surface area contributed by atoms with Gasteiger partial charge in [0.15, 0.2) is 12.0 Å². The molecule has 32 heavy (non-hydrogen) atoms. The smallest absolute Gasteiger partial charge is 0.335 e. The van der Waals surface area contributed by atoms with Gasteiger partial charge in [-0.05, 0) is 78.8 Å². The number of carbonyl (C=O) groups is 1. The van der Waals surface area contributed by atoms with Crippen LogP contribution < -0.4 is 4.74 Å². The molecule has 0 bridgehead atoms. The van der Waals surface area contributed by atoms with E-state index >= 15 is 0 Å². The fourth-order valence-electron chi connectivity index (χ4n) is 3.65. The van der Waals surface area contributed by atoms with Crippen molar-refractivity contribution in [1.82, 2.24) is 0 Å². The summed E-state index contributed by atoms with van der Waals surface area (Å²) in [6.07, 6.45) is 5.76. The summed E-state index contributed by atoms with van der Waals surface area (Å²) in [5, 5.41) is 0. The summed E-state index contributed by atoms with van der Waals surface area (Å²) in [5.74, 6) is 1.40. The van der Waals surface area contributed by atoms with E-state index in [1.165, 1.54) is 5.56 Å². The average Bonchev–Trinajstić information content (AvgIpc) is 3.66. The van der Waals surface area contributed by atoms with E-state index < -0.39 is 5.97 Å². The molecule has 1 heterocycles. The van der Waals surface area contributed by atoms with Gasteiger partial charge in [-0.2, -0.15) is 0 Å². The molecule has 1 aromatic carbocycles. The minimum Gasteiger partial charge on any atom is -0.494 e. The Morgan fingerprint density at radius 1 is 1.09 bits per heavy atom. The van der Waals surface area contributed by atoms with Crippen molar-refractivity contribution in [3.05, 3.63) is 83.5 Å². The number of hydrogen-bond donors (Lipinski definition) is 0. The van der Waals surface area contributed by atoms with Crippen LogP contribution in [0.3, 0.4) is 0 Å². The largest absolute Gasteiger partial charge is 0.494 e. The van der Waals surface area contributed by atoms with Crippen LogP contribution in [0.5, 0.6) is 5.75 Å². The fourth-order valence-corrected chi connectivity index (χ4v) is 3.65. The summed E-state index contributed by atoms with van der Waals surface area (Å²) in [6, 6.07) is 8.32. The molecule has 1 aromatic rings. The van der Waals surface area contributed by atoms with Crippen LogP contribution in [0.15, 0.2) is 77.9 Å². The van der Waals surface area contributed by atoms with Crippen LogP contribution in [0.2, 0.25) is 0 Å². The maximum absolute atomic E-state index is 11.7. The van der Waals surface area contributed by atoms with E-state index in [1.807, 2.05) is 12.1 Å². The molecule has 2 fully saturated rings. The Morgan fingerprint density at radius 2 is 1.84 bits per heavy atom. The van der Waals surface area contributed by atoms with Gasteiger partial charge in [-0.15, -0.1) is 0 Å². The molecule has 5 heteroatoms. The highest BCUT2D eigenvalue weighted by atomic mass is 16.8. The molecule has 166 valence electrons. The van der Waals surface area contributed by atoms with Crippen LogP contribution in [0.25, 0.3) is 0 Å². The standard InChI is InChI=1S/C27H28O5/c1-3-5-6-7-9-25(32-26(28)4-2)23-12-10-21(11-13-23)22-14-16-24(17-15-22)29-18-8-19-30-27-20-31-27/h4,14-17,21,23,27H,1-2,8,10-13,18-20H2. The fraction of sp³-hybridized carbons (Fsp3) is 0.407. The van der Waals surface area contributed by atoms with Crippen LogP contribution in [-0.2, 0) is 19.0 Å². The van der Waals surface area contributed by atoms with Gasteiger partial charge in [0.25, 0.3) is 0 Å². The Labute approximate surface area is 189 Å². The zero-order chi connectivity index (χ0) is 22.6. The first kappa shape index (κ1) is 23.5. The second-order valence-corrected chi connectivity index (χ2v) is 7.62. The molecule has 0 amide bonds. The maximum Gasteiger partial charge on any atom is 0.335 e. The summed E-state index contributed by atoms with van der Waals surface area (Å²) in [4.78, 5) is 11.7. The molecule has 0 radical (unpaired) electrons. The first-order valence-electron chi connectivity index (χ1n) is 10.9. The van der Waals surface area contributed by atoms with E-state index in [0.717, 1.165) is 43.9 Å². The minimum atomic E-state index is -0.498. The van der Waals surface area contributed by atoms with Gasteiger partial charge < -0.3 is 18.9 Å². The van der Waals surface area contributed by atoms with Gasteiger partial charge in [-0.3, -0.25) is 0 Å². The van der Waals surface area contributed by atoms with Gasteiger partial charge in [0.1, 0.15) is 12.4 Å². The molecule has 1 atom stereocenters. The molecular weight excluding hydrogens is 404 g/mol. The lowest BCUT2D eigenvalue weighted by atomic mass is 9.78. The number of esters is 1. The maximum atomic E-state index is 11.7. The van der Waals surface area contributed by atoms with Crippen molar-refractivity contribution in [2.24, 2.45) is 5.92 Å². The molecule has 0 aromatic heterocycles. The third kappa shape index (κ3) is 7.80. The van der Waals surface area contributed by atoms with Gasteiger partial charge in [0, 0.05) is 18.4 Å². The molecule has 5 nitrogen and oxygen atoms in total. The number of hydrogen-bond acceptors (Lipinski definition) is 5. The predicted octanol–water partition coefficient (Wildman–Crippen LogP) is 5.12. The Morgan fingerprint density at radius 3 is 2.50 bits per heavy atom. The van der Waals surface area contributed by atoms with Crippen molar-refractivity contribution in [3.8, 4) is 5.75 Å². The highest BCUT2D eigenvalue weighted by Crippen LogP contribution is 2.39. The van der Waals surface area contributed by atoms with Gasteiger partial charge in [-0.1, -0.05) is 24.4 Å². The summed E-state index contributed by atoms with van der Waals surface area (Å²) in [6.45, 7) is 8.85. The van der Waals surface area contributed by atoms with Crippen LogP contribution >= 0.6 is 0 Å². The molecular formula is C27H28O5. The van der Waals surface area contributed by atoms with E-state index in [9.17, 15) is 4.79 Å². The van der Waals surface area contributed by atoms with Crippen LogP contribution in [-0.4, -0.2) is 32.1 Å². The Bertz CT molecular complexity index is 979. The molecule has 1 saturated heterocycles. The molecule has 1 saturated carbocycles. The second kappa shape index (κ2) is 12.6. The zero-order valence-corrected chi connectivity index (χ0v) is 18.2. The number of carbonyl (C=O) groups excluding carboxylic acids is 1. The quantitative estimate of drug-likeness (QED) is 0.128. The third-order valence-electron chi connectivity index (χ3n) is 5.39. The number of benzene rings is 1. The SMILES string of the molecule is C=C=C=C=C=C=C(OC(=O)C=C)C1CCC(c2ccc(OCCCOC3CO3)cc2)CC1. The van der Waals surface area contributed by atoms with Gasteiger partial charge in [0.2, 0.25) is 0 Å². The van der Waals surface area contributed by atoms with Crippen molar-refractivity contribution in [2.45, 2.75) is 44.3 Å². The Hall–Kier alpha value is -3.21. The highest BCUT2D eigenvalue weighted by molar-refractivity contribution is 5.82. The molecule has 0 N–H and O–H groups in total. The molecule has 1 aliphatic carbocycles. The molecule has 2 aliphatic rings. The number of epoxide rings is 1. The number of ether oxygens (including phenoxy) is 4. The van der Waals surface area contributed by atoms with E-state index in [-0.39, 0.29) is 12.2 Å². The molecule has 3 rings (SSSR count). The number of allylic oxidation sites excluding steroid dienone is 1. The third-order valence-corrected chi connectivity index (χ3v) is 5.39. The lowest BCUT2D eigenvalue weighted by Gasteiger charge is -2.28. The summed E-state index contributed by atoms with van der Waals surface area (Å²) in [5.41, 5.74) is 14.5. The van der Waals surface area contributed by atoms with Crippen molar-refractivity contribution in [1.29, 1.82) is 0 Å². The lowest BCUT2D eigenvalue weighted by molar-refractivity contribution is -0.134. The monoisotopic (exact) mass is 432 g/mol. The van der Waals surface area contributed by atoms with Gasteiger partial charge in [0.05, 0.1) is 13.2 Å². The van der Waals surface area contributed by atoms with Crippen LogP contribution in [0, 0.1) is 5.92 Å². The highest BCUT2D eigenvalue weighted by Gasteiger charge is 2.27. The molecule has 1 aliphatic heterocycles. The average molecular weight is 433 g/mol. The predicted molar refractivity (Wildman–Crippen MR) is 120 cm³/mol. The zero-order valence-electron chi connectivity index (χ0n) is 18.2. The molecule has 1 unspecified atom stereocenters. The van der Waals surface area contributed by atoms with Crippen molar-refractivity contribution in [3.63, 3.8) is 0 Å². The van der Waals surface area contributed by atoms with Crippen molar-refractivity contribution >= 4 is 5.97 Å². The Balaban J connectivity index is 1.52. The lowest BCUT2D eigenvalue weighted by Crippen LogP contribution is -2.17. The topological polar surface area (TPSA) is 57.3 Å². The minimum absolute atomic E-state index is 0.00344. The van der Waals surface area contributed by atoms with Gasteiger partial charge in [-0.25, -0.2) is 4.79 Å². The number of rotatable bonds is 10. The van der Waals surface area contributed by atoms with Crippen molar-refractivity contribution in [2.75, 3.05) is 19.8 Å². The second-order valence-electron chi connectivity index (χ2n) is 7.62. The first-order valence-corrected chi connectivity index (χ1v) is 10.9. The van der Waals surface area contributed by atoms with Crippen molar-refractivity contribution < 1.29 is 23.7 Å². The van der Waals surface area contributed by atoms with E-state index in [4.69, 9.17) is 18.9 Å². The normalized spacial score (nSPS) is 20.9. The summed E-state index contributed by atoms with van der Waals surface area (Å²) < 4.78 is 21.6. The first-order chi connectivity index (χ1) is 15.7. The van der Waals surface area contributed by atoms with E-state index in [2.05, 4.69) is 53.9 Å². The van der Waals surface area contributed by atoms with E-state index in [0.29, 0.717) is 31.5 Å². The van der Waals surface area contributed by atoms with Gasteiger partial charge >= 0.3 is 5.97 Å². The van der Waals surface area contributed by atoms with Crippen LogP contribution in [0.4, 0.5) is 0 Å². The van der Waals surface area contributed by atoms with E-state index in [1.54, 1.807) is 0 Å². The summed E-state index contributed by atoms with van der Waals surface area (Å²) in [7, 11) is 0. The summed E-state index contributed by atoms with van der Waals surface area (Å²) >= 11 is 0. The molecule has 0 spiro atoms. The van der Waals surface area contributed by atoms with Crippen LogP contribution in [0.1, 0.15) is 43.6 Å².